The highest BCUT2D eigenvalue weighted by molar-refractivity contribution is 9.10. The maximum Gasteiger partial charge on any atom is 0.237 e. The summed E-state index contributed by atoms with van der Waals surface area (Å²) in [4.78, 5) is 0. The van der Waals surface area contributed by atoms with Gasteiger partial charge in [0.15, 0.2) is 0 Å². The second kappa shape index (κ2) is 7.08. The molecule has 1 rings (SSSR count). The molecule has 0 heterocycles. The molecule has 1 aromatic carbocycles. The molecule has 0 atom stereocenters. The zero-order valence-electron chi connectivity index (χ0n) is 10.0. The fraction of sp³-hybridized carbons (Fsp3) is 0.455. The van der Waals surface area contributed by atoms with Gasteiger partial charge in [-0.1, -0.05) is 15.9 Å². The number of hydrogen-bond donors (Lipinski definition) is 1. The molecule has 1 aromatic rings. The van der Waals surface area contributed by atoms with Gasteiger partial charge < -0.3 is 9.84 Å². The van der Waals surface area contributed by atoms with E-state index >= 15 is 0 Å². The molecule has 0 saturated heterocycles. The van der Waals surface area contributed by atoms with Gasteiger partial charge in [-0.25, -0.2) is 8.42 Å². The fourth-order valence-electron chi connectivity index (χ4n) is 1.43. The van der Waals surface area contributed by atoms with Crippen LogP contribution in [0.5, 0.6) is 0 Å². The second-order valence-corrected chi connectivity index (χ2v) is 6.51. The summed E-state index contributed by atoms with van der Waals surface area (Å²) in [6.45, 7) is -0.0727. The maximum atomic E-state index is 12.1. The number of nitrogens with zero attached hydrogens (tertiary/aromatic N) is 1. The molecule has 0 aromatic heterocycles. The summed E-state index contributed by atoms with van der Waals surface area (Å²) in [7, 11) is -2.03. The Kier molecular flexibility index (Phi) is 6.07. The minimum absolute atomic E-state index is 0.0354. The van der Waals surface area contributed by atoms with Crippen LogP contribution in [0.1, 0.15) is 0 Å². The van der Waals surface area contributed by atoms with E-state index in [1.54, 1.807) is 24.3 Å². The van der Waals surface area contributed by atoms with Crippen molar-refractivity contribution in [2.45, 2.75) is 0 Å². The Labute approximate surface area is 116 Å². The van der Waals surface area contributed by atoms with E-state index in [2.05, 4.69) is 15.9 Å². The molecular formula is C11H16BrNO4S. The van der Waals surface area contributed by atoms with Crippen LogP contribution in [0.3, 0.4) is 0 Å². The van der Waals surface area contributed by atoms with E-state index in [0.29, 0.717) is 5.69 Å². The summed E-state index contributed by atoms with van der Waals surface area (Å²) in [6.07, 6.45) is 0. The monoisotopic (exact) mass is 337 g/mol. The third-order valence-corrected chi connectivity index (χ3v) is 4.58. The van der Waals surface area contributed by atoms with Gasteiger partial charge in [0, 0.05) is 11.6 Å². The molecule has 0 aliphatic carbocycles. The smallest absolute Gasteiger partial charge is 0.237 e. The normalized spacial score (nSPS) is 11.5. The molecule has 0 bridgehead atoms. The highest BCUT2D eigenvalue weighted by atomic mass is 79.9. The van der Waals surface area contributed by atoms with Crippen LogP contribution in [0.4, 0.5) is 5.69 Å². The maximum absolute atomic E-state index is 12.1. The predicted molar refractivity (Wildman–Crippen MR) is 74.2 cm³/mol. The average Bonchev–Trinajstić information content (AvgIpc) is 2.35. The Morgan fingerprint density at radius 1 is 1.33 bits per heavy atom. The Morgan fingerprint density at radius 2 is 1.94 bits per heavy atom. The van der Waals surface area contributed by atoms with Gasteiger partial charge in [0.05, 0.1) is 31.2 Å². The van der Waals surface area contributed by atoms with Crippen molar-refractivity contribution in [2.75, 3.05) is 36.9 Å². The molecule has 7 heteroatoms. The molecule has 1 N–H and O–H groups in total. The van der Waals surface area contributed by atoms with Crippen molar-refractivity contribution in [3.63, 3.8) is 0 Å². The zero-order valence-corrected chi connectivity index (χ0v) is 12.4. The van der Waals surface area contributed by atoms with Crippen molar-refractivity contribution in [2.24, 2.45) is 0 Å². The molecule has 18 heavy (non-hydrogen) atoms. The first-order valence-electron chi connectivity index (χ1n) is 5.37. The molecular weight excluding hydrogens is 322 g/mol. The number of halogens is 1. The van der Waals surface area contributed by atoms with Gasteiger partial charge in [-0.15, -0.1) is 0 Å². The lowest BCUT2D eigenvalue weighted by atomic mass is 10.3. The molecule has 0 aliphatic rings. The van der Waals surface area contributed by atoms with E-state index in [1.165, 1.54) is 11.4 Å². The van der Waals surface area contributed by atoms with E-state index < -0.39 is 10.0 Å². The van der Waals surface area contributed by atoms with Crippen LogP contribution in [0.2, 0.25) is 0 Å². The van der Waals surface area contributed by atoms with Crippen LogP contribution < -0.4 is 4.31 Å². The van der Waals surface area contributed by atoms with E-state index in [0.717, 1.165) is 4.47 Å². The van der Waals surface area contributed by atoms with Crippen LogP contribution in [-0.2, 0) is 14.8 Å². The van der Waals surface area contributed by atoms with Gasteiger partial charge in [0.2, 0.25) is 10.0 Å². The number of aliphatic hydroxyl groups excluding tert-OH is 1. The van der Waals surface area contributed by atoms with Gasteiger partial charge in [0.25, 0.3) is 0 Å². The largest absolute Gasteiger partial charge is 0.394 e. The molecule has 0 aliphatic heterocycles. The zero-order chi connectivity index (χ0) is 13.6. The topological polar surface area (TPSA) is 66.8 Å². The van der Waals surface area contributed by atoms with Gasteiger partial charge in [-0.05, 0) is 24.3 Å². The molecule has 0 fully saturated rings. The number of methoxy groups -OCH3 is 1. The molecule has 0 saturated carbocycles. The number of anilines is 1. The van der Waals surface area contributed by atoms with Gasteiger partial charge in [0.1, 0.15) is 0 Å². The molecule has 0 spiro atoms. The summed E-state index contributed by atoms with van der Waals surface area (Å²) in [5.74, 6) is -0.112. The van der Waals surface area contributed by atoms with Gasteiger partial charge in [-0.2, -0.15) is 0 Å². The quantitative estimate of drug-likeness (QED) is 0.812. The van der Waals surface area contributed by atoms with E-state index in [9.17, 15) is 8.42 Å². The molecule has 0 radical (unpaired) electrons. The summed E-state index contributed by atoms with van der Waals surface area (Å²) >= 11 is 3.29. The number of rotatable bonds is 7. The SMILES string of the molecule is COCCS(=O)(=O)N(CCO)c1ccc(Br)cc1. The lowest BCUT2D eigenvalue weighted by molar-refractivity contribution is 0.217. The Balaban J connectivity index is 2.98. The van der Waals surface area contributed by atoms with Crippen LogP contribution in [0.25, 0.3) is 0 Å². The lowest BCUT2D eigenvalue weighted by Crippen LogP contribution is -2.36. The van der Waals surface area contributed by atoms with Crippen molar-refractivity contribution in [3.8, 4) is 0 Å². The van der Waals surface area contributed by atoms with Gasteiger partial charge in [-0.3, -0.25) is 4.31 Å². The first kappa shape index (κ1) is 15.4. The standard InChI is InChI=1S/C11H16BrNO4S/c1-17-8-9-18(15,16)13(6-7-14)11-4-2-10(12)3-5-11/h2-5,14H,6-9H2,1H3. The van der Waals surface area contributed by atoms with Crippen LogP contribution >= 0.6 is 15.9 Å². The van der Waals surface area contributed by atoms with Crippen LogP contribution in [-0.4, -0.2) is 46.1 Å². The highest BCUT2D eigenvalue weighted by Crippen LogP contribution is 2.21. The van der Waals surface area contributed by atoms with E-state index in [4.69, 9.17) is 9.84 Å². The fourth-order valence-corrected chi connectivity index (χ4v) is 3.09. The Hall–Kier alpha value is -0.630. The molecule has 0 amide bonds. The third kappa shape index (κ3) is 4.24. The highest BCUT2D eigenvalue weighted by Gasteiger charge is 2.21. The summed E-state index contributed by atoms with van der Waals surface area (Å²) < 4.78 is 31.0. The number of ether oxygens (including phenoxy) is 1. The van der Waals surface area contributed by atoms with Crippen molar-refractivity contribution in [1.82, 2.24) is 0 Å². The first-order chi connectivity index (χ1) is 8.51. The summed E-state index contributed by atoms with van der Waals surface area (Å²) in [5, 5.41) is 8.99. The lowest BCUT2D eigenvalue weighted by Gasteiger charge is -2.23. The van der Waals surface area contributed by atoms with Crippen molar-refractivity contribution < 1.29 is 18.3 Å². The number of benzene rings is 1. The minimum atomic E-state index is -3.48. The minimum Gasteiger partial charge on any atom is -0.394 e. The van der Waals surface area contributed by atoms with Crippen LogP contribution in [0, 0.1) is 0 Å². The third-order valence-electron chi connectivity index (χ3n) is 2.30. The average molecular weight is 338 g/mol. The first-order valence-corrected chi connectivity index (χ1v) is 7.77. The van der Waals surface area contributed by atoms with E-state index in [-0.39, 0.29) is 25.5 Å². The van der Waals surface area contributed by atoms with Crippen molar-refractivity contribution in [1.29, 1.82) is 0 Å². The Morgan fingerprint density at radius 3 is 2.44 bits per heavy atom. The Bertz CT molecular complexity index is 460. The number of hydrogen-bond acceptors (Lipinski definition) is 4. The van der Waals surface area contributed by atoms with Crippen molar-refractivity contribution in [3.05, 3.63) is 28.7 Å². The van der Waals surface area contributed by atoms with E-state index in [1.807, 2.05) is 0 Å². The molecule has 5 nitrogen and oxygen atoms in total. The molecule has 102 valence electrons. The summed E-state index contributed by atoms with van der Waals surface area (Å²) in [5.41, 5.74) is 0.531. The van der Waals surface area contributed by atoms with Gasteiger partial charge >= 0.3 is 0 Å². The predicted octanol–water partition coefficient (Wildman–Crippen LogP) is 1.22. The molecule has 0 unspecified atom stereocenters. The second-order valence-electron chi connectivity index (χ2n) is 3.58. The van der Waals surface area contributed by atoms with Crippen molar-refractivity contribution >= 4 is 31.6 Å². The summed E-state index contributed by atoms with van der Waals surface area (Å²) in [6, 6.07) is 6.88. The number of aliphatic hydroxyl groups is 1. The number of sulfonamides is 1. The van der Waals surface area contributed by atoms with Crippen LogP contribution in [0.15, 0.2) is 28.7 Å².